The van der Waals surface area contributed by atoms with Crippen LogP contribution in [0.1, 0.15) is 53.4 Å². The fraction of sp³-hybridized carbons (Fsp3) is 1.00. The number of aliphatic hydroxyl groups excluding tert-OH is 1. The maximum atomic E-state index is 9.61. The lowest BCUT2D eigenvalue weighted by Gasteiger charge is -2.29. The van der Waals surface area contributed by atoms with Crippen LogP contribution in [-0.4, -0.2) is 11.2 Å². The molecule has 0 aromatic rings. The van der Waals surface area contributed by atoms with Crippen molar-refractivity contribution >= 4 is 0 Å². The smallest absolute Gasteiger partial charge is 0.0588 e. The molecule has 0 amide bonds. The van der Waals surface area contributed by atoms with Gasteiger partial charge in [0.05, 0.1) is 6.10 Å². The summed E-state index contributed by atoms with van der Waals surface area (Å²) in [5, 5.41) is 9.61. The molecule has 0 aliphatic carbocycles. The first kappa shape index (κ1) is 11.0. The second-order valence-electron chi connectivity index (χ2n) is 4.02. The number of unbranched alkanes of at least 4 members (excludes halogenated alkanes) is 1. The summed E-state index contributed by atoms with van der Waals surface area (Å²) in [6.45, 7) is 8.53. The van der Waals surface area contributed by atoms with E-state index in [1.165, 1.54) is 12.8 Å². The van der Waals surface area contributed by atoms with E-state index in [0.29, 0.717) is 0 Å². The fourth-order valence-corrected chi connectivity index (χ4v) is 1.35. The molecule has 0 radical (unpaired) electrons. The van der Waals surface area contributed by atoms with Gasteiger partial charge in [-0.2, -0.15) is 0 Å². The molecule has 0 aromatic heterocycles. The second-order valence-corrected chi connectivity index (χ2v) is 4.02. The Morgan fingerprint density at radius 3 is 2.18 bits per heavy atom. The molecule has 1 heteroatoms. The van der Waals surface area contributed by atoms with E-state index in [-0.39, 0.29) is 11.5 Å². The van der Waals surface area contributed by atoms with Gasteiger partial charge in [-0.1, -0.05) is 40.5 Å². The van der Waals surface area contributed by atoms with Gasteiger partial charge in [0.25, 0.3) is 0 Å². The van der Waals surface area contributed by atoms with Gasteiger partial charge in [0.15, 0.2) is 0 Å². The van der Waals surface area contributed by atoms with Crippen LogP contribution in [0, 0.1) is 5.41 Å². The molecule has 0 heterocycles. The summed E-state index contributed by atoms with van der Waals surface area (Å²) in [6, 6.07) is 0. The Hall–Kier alpha value is -0.0400. The third-order valence-corrected chi connectivity index (χ3v) is 2.46. The highest BCUT2D eigenvalue weighted by Crippen LogP contribution is 2.28. The standard InChI is InChI=1S/C10H22O/c1-5-7-8-10(3,4)9(11)6-2/h9,11H,5-8H2,1-4H3. The summed E-state index contributed by atoms with van der Waals surface area (Å²) in [6.07, 6.45) is 4.33. The van der Waals surface area contributed by atoms with Crippen molar-refractivity contribution in [3.8, 4) is 0 Å². The summed E-state index contributed by atoms with van der Waals surface area (Å²) in [7, 11) is 0. The van der Waals surface area contributed by atoms with Gasteiger partial charge in [0.1, 0.15) is 0 Å². The first-order valence-electron chi connectivity index (χ1n) is 4.72. The Kier molecular flexibility index (Phi) is 4.74. The van der Waals surface area contributed by atoms with Gasteiger partial charge in [-0.05, 0) is 18.3 Å². The predicted octanol–water partition coefficient (Wildman–Crippen LogP) is 2.97. The molecule has 0 rings (SSSR count). The zero-order valence-corrected chi connectivity index (χ0v) is 8.35. The number of hydrogen-bond acceptors (Lipinski definition) is 1. The average molecular weight is 158 g/mol. The minimum atomic E-state index is -0.131. The maximum Gasteiger partial charge on any atom is 0.0588 e. The molecule has 0 spiro atoms. The van der Waals surface area contributed by atoms with Crippen molar-refractivity contribution in [1.29, 1.82) is 0 Å². The van der Waals surface area contributed by atoms with Crippen molar-refractivity contribution in [2.24, 2.45) is 5.41 Å². The summed E-state index contributed by atoms with van der Waals surface area (Å²) in [5.41, 5.74) is 0.116. The SMILES string of the molecule is CCCCC(C)(C)C(O)CC. The van der Waals surface area contributed by atoms with Crippen LogP contribution < -0.4 is 0 Å². The molecule has 0 fully saturated rings. The summed E-state index contributed by atoms with van der Waals surface area (Å²) >= 11 is 0. The monoisotopic (exact) mass is 158 g/mol. The van der Waals surface area contributed by atoms with Gasteiger partial charge in [-0.25, -0.2) is 0 Å². The van der Waals surface area contributed by atoms with E-state index in [0.717, 1.165) is 12.8 Å². The number of aliphatic hydroxyl groups is 1. The zero-order valence-electron chi connectivity index (χ0n) is 8.35. The molecule has 0 aliphatic rings. The van der Waals surface area contributed by atoms with E-state index < -0.39 is 0 Å². The molecular weight excluding hydrogens is 136 g/mol. The zero-order chi connectivity index (χ0) is 8.91. The molecule has 1 unspecified atom stereocenters. The van der Waals surface area contributed by atoms with Crippen LogP contribution in [0.5, 0.6) is 0 Å². The van der Waals surface area contributed by atoms with Crippen LogP contribution in [0.4, 0.5) is 0 Å². The van der Waals surface area contributed by atoms with Crippen LogP contribution in [0.25, 0.3) is 0 Å². The van der Waals surface area contributed by atoms with Crippen molar-refractivity contribution in [3.63, 3.8) is 0 Å². The van der Waals surface area contributed by atoms with Gasteiger partial charge >= 0.3 is 0 Å². The van der Waals surface area contributed by atoms with Gasteiger partial charge in [0.2, 0.25) is 0 Å². The van der Waals surface area contributed by atoms with E-state index >= 15 is 0 Å². The molecular formula is C10H22O. The lowest BCUT2D eigenvalue weighted by molar-refractivity contribution is 0.0397. The Morgan fingerprint density at radius 2 is 1.82 bits per heavy atom. The highest BCUT2D eigenvalue weighted by molar-refractivity contribution is 4.76. The normalized spacial score (nSPS) is 15.0. The lowest BCUT2D eigenvalue weighted by Crippen LogP contribution is -2.28. The molecule has 11 heavy (non-hydrogen) atoms. The van der Waals surface area contributed by atoms with E-state index in [1.807, 2.05) is 6.92 Å². The van der Waals surface area contributed by atoms with E-state index in [2.05, 4.69) is 20.8 Å². The molecule has 0 saturated carbocycles. The summed E-state index contributed by atoms with van der Waals surface area (Å²) < 4.78 is 0. The van der Waals surface area contributed by atoms with Crippen LogP contribution in [0.2, 0.25) is 0 Å². The first-order chi connectivity index (χ1) is 5.04. The van der Waals surface area contributed by atoms with Gasteiger partial charge in [0, 0.05) is 0 Å². The molecule has 0 aromatic carbocycles. The minimum Gasteiger partial charge on any atom is -0.393 e. The molecule has 0 saturated heterocycles. The highest BCUT2D eigenvalue weighted by Gasteiger charge is 2.24. The number of hydrogen-bond donors (Lipinski definition) is 1. The quantitative estimate of drug-likeness (QED) is 0.652. The lowest BCUT2D eigenvalue weighted by atomic mass is 9.80. The van der Waals surface area contributed by atoms with Crippen molar-refractivity contribution in [2.75, 3.05) is 0 Å². The van der Waals surface area contributed by atoms with Crippen LogP contribution in [-0.2, 0) is 0 Å². The van der Waals surface area contributed by atoms with Crippen molar-refractivity contribution in [2.45, 2.75) is 59.5 Å². The topological polar surface area (TPSA) is 20.2 Å². The molecule has 0 aliphatic heterocycles. The third kappa shape index (κ3) is 3.76. The van der Waals surface area contributed by atoms with Crippen LogP contribution in [0.3, 0.4) is 0 Å². The van der Waals surface area contributed by atoms with Crippen molar-refractivity contribution in [1.82, 2.24) is 0 Å². The highest BCUT2D eigenvalue weighted by atomic mass is 16.3. The van der Waals surface area contributed by atoms with Crippen LogP contribution in [0.15, 0.2) is 0 Å². The first-order valence-corrected chi connectivity index (χ1v) is 4.72. The Labute approximate surface area is 70.8 Å². The summed E-state index contributed by atoms with van der Waals surface area (Å²) in [5.74, 6) is 0. The molecule has 0 bridgehead atoms. The minimum absolute atomic E-state index is 0.116. The largest absolute Gasteiger partial charge is 0.393 e. The van der Waals surface area contributed by atoms with Crippen molar-refractivity contribution < 1.29 is 5.11 Å². The van der Waals surface area contributed by atoms with Gasteiger partial charge in [-0.15, -0.1) is 0 Å². The van der Waals surface area contributed by atoms with Crippen molar-refractivity contribution in [3.05, 3.63) is 0 Å². The van der Waals surface area contributed by atoms with Gasteiger partial charge < -0.3 is 5.11 Å². The predicted molar refractivity (Wildman–Crippen MR) is 49.6 cm³/mol. The Balaban J connectivity index is 3.77. The fourth-order valence-electron chi connectivity index (χ4n) is 1.35. The molecule has 1 N–H and O–H groups in total. The average Bonchev–Trinajstić information content (AvgIpc) is 1.99. The van der Waals surface area contributed by atoms with E-state index in [9.17, 15) is 5.11 Å². The van der Waals surface area contributed by atoms with Crippen LogP contribution >= 0.6 is 0 Å². The Bertz CT molecular complexity index is 97.0. The molecule has 1 nitrogen and oxygen atoms in total. The van der Waals surface area contributed by atoms with E-state index in [1.54, 1.807) is 0 Å². The van der Waals surface area contributed by atoms with Gasteiger partial charge in [-0.3, -0.25) is 0 Å². The number of rotatable bonds is 5. The Morgan fingerprint density at radius 1 is 1.27 bits per heavy atom. The van der Waals surface area contributed by atoms with E-state index in [4.69, 9.17) is 0 Å². The summed E-state index contributed by atoms with van der Waals surface area (Å²) in [4.78, 5) is 0. The second kappa shape index (κ2) is 4.76. The maximum absolute atomic E-state index is 9.61. The molecule has 68 valence electrons. The third-order valence-electron chi connectivity index (χ3n) is 2.46. The molecule has 1 atom stereocenters.